The zero-order chi connectivity index (χ0) is 13.4. The Balaban J connectivity index is 2.24. The van der Waals surface area contributed by atoms with Crippen molar-refractivity contribution >= 4 is 11.9 Å². The average Bonchev–Trinajstić information content (AvgIpc) is 2.36. The second-order valence-electron chi connectivity index (χ2n) is 4.34. The predicted molar refractivity (Wildman–Crippen MR) is 69.4 cm³/mol. The summed E-state index contributed by atoms with van der Waals surface area (Å²) in [6.07, 6.45) is 1.17. The molecule has 1 amide bonds. The number of carboxylic acid groups (broad SMARTS) is 1. The minimum atomic E-state index is -0.895. The Hall–Kier alpha value is -1.84. The van der Waals surface area contributed by atoms with Gasteiger partial charge in [0.05, 0.1) is 6.42 Å². The number of aliphatic carboxylic acids is 1. The van der Waals surface area contributed by atoms with E-state index in [1.807, 2.05) is 30.3 Å². The summed E-state index contributed by atoms with van der Waals surface area (Å²) in [7, 11) is 0. The molecule has 2 N–H and O–H groups in total. The van der Waals surface area contributed by atoms with Gasteiger partial charge in [-0.25, -0.2) is 0 Å². The van der Waals surface area contributed by atoms with Crippen LogP contribution in [0.1, 0.15) is 37.7 Å². The highest BCUT2D eigenvalue weighted by molar-refractivity contribution is 5.76. The Labute approximate surface area is 107 Å². The largest absolute Gasteiger partial charge is 0.481 e. The molecule has 0 aromatic heterocycles. The number of carbonyl (C=O) groups is 2. The fourth-order valence-electron chi connectivity index (χ4n) is 1.69. The highest BCUT2D eigenvalue weighted by Gasteiger charge is 2.08. The van der Waals surface area contributed by atoms with Crippen LogP contribution in [0.5, 0.6) is 0 Å². The third kappa shape index (κ3) is 5.48. The molecule has 0 aliphatic rings. The molecule has 1 aromatic carbocycles. The lowest BCUT2D eigenvalue weighted by Gasteiger charge is -2.11. The summed E-state index contributed by atoms with van der Waals surface area (Å²) in [6.45, 7) is 2.29. The third-order valence-electron chi connectivity index (χ3n) is 2.83. The average molecular weight is 249 g/mol. The Kier molecular flexibility index (Phi) is 5.91. The summed E-state index contributed by atoms with van der Waals surface area (Å²) in [5.41, 5.74) is 1.22. The van der Waals surface area contributed by atoms with E-state index < -0.39 is 5.97 Å². The lowest BCUT2D eigenvalue weighted by atomic mass is 9.96. The molecule has 0 radical (unpaired) electrons. The minimum Gasteiger partial charge on any atom is -0.481 e. The summed E-state index contributed by atoms with van der Waals surface area (Å²) in [4.78, 5) is 21.7. The van der Waals surface area contributed by atoms with Gasteiger partial charge in [-0.1, -0.05) is 37.3 Å². The van der Waals surface area contributed by atoms with Crippen molar-refractivity contribution in [2.24, 2.45) is 0 Å². The van der Waals surface area contributed by atoms with Crippen LogP contribution in [0.4, 0.5) is 0 Å². The van der Waals surface area contributed by atoms with Gasteiger partial charge in [-0.3, -0.25) is 9.59 Å². The Morgan fingerprint density at radius 2 is 1.89 bits per heavy atom. The molecule has 0 bridgehead atoms. The fourth-order valence-corrected chi connectivity index (χ4v) is 1.69. The molecule has 0 aliphatic carbocycles. The second kappa shape index (κ2) is 7.48. The van der Waals surface area contributed by atoms with Gasteiger partial charge >= 0.3 is 5.97 Å². The van der Waals surface area contributed by atoms with Gasteiger partial charge in [0, 0.05) is 13.0 Å². The van der Waals surface area contributed by atoms with Crippen molar-refractivity contribution in [2.75, 3.05) is 6.54 Å². The van der Waals surface area contributed by atoms with E-state index in [0.717, 1.165) is 6.42 Å². The Morgan fingerprint density at radius 1 is 1.22 bits per heavy atom. The summed E-state index contributed by atoms with van der Waals surface area (Å²) in [5, 5.41) is 11.0. The Morgan fingerprint density at radius 3 is 2.50 bits per heavy atom. The quantitative estimate of drug-likeness (QED) is 0.778. The van der Waals surface area contributed by atoms with Gasteiger partial charge in [-0.2, -0.15) is 0 Å². The van der Waals surface area contributed by atoms with Gasteiger partial charge in [0.25, 0.3) is 0 Å². The van der Waals surface area contributed by atoms with E-state index in [1.165, 1.54) is 5.56 Å². The molecular weight excluding hydrogens is 230 g/mol. The van der Waals surface area contributed by atoms with Gasteiger partial charge in [0.2, 0.25) is 5.91 Å². The van der Waals surface area contributed by atoms with Crippen molar-refractivity contribution < 1.29 is 14.7 Å². The molecule has 1 rings (SSSR count). The zero-order valence-electron chi connectivity index (χ0n) is 10.6. The summed E-state index contributed by atoms with van der Waals surface area (Å²) < 4.78 is 0. The molecule has 0 heterocycles. The number of nitrogens with one attached hydrogen (secondary N) is 1. The van der Waals surface area contributed by atoms with E-state index in [-0.39, 0.29) is 18.9 Å². The summed E-state index contributed by atoms with van der Waals surface area (Å²) in [5.74, 6) is -0.650. The molecule has 4 heteroatoms. The molecule has 0 aliphatic heterocycles. The third-order valence-corrected chi connectivity index (χ3v) is 2.83. The lowest BCUT2D eigenvalue weighted by molar-refractivity contribution is -0.136. The van der Waals surface area contributed by atoms with Crippen molar-refractivity contribution in [1.29, 1.82) is 0 Å². The van der Waals surface area contributed by atoms with Crippen LogP contribution in [0.15, 0.2) is 30.3 Å². The van der Waals surface area contributed by atoms with Gasteiger partial charge in [-0.15, -0.1) is 0 Å². The normalized spacial score (nSPS) is 11.8. The first kappa shape index (κ1) is 14.2. The van der Waals surface area contributed by atoms with Gasteiger partial charge in [-0.05, 0) is 17.9 Å². The van der Waals surface area contributed by atoms with E-state index in [4.69, 9.17) is 5.11 Å². The molecule has 18 heavy (non-hydrogen) atoms. The molecule has 1 unspecified atom stereocenters. The van der Waals surface area contributed by atoms with E-state index in [9.17, 15) is 9.59 Å². The van der Waals surface area contributed by atoms with E-state index in [1.54, 1.807) is 0 Å². The Bertz CT molecular complexity index is 389. The monoisotopic (exact) mass is 249 g/mol. The molecule has 1 atom stereocenters. The number of amides is 1. The number of benzene rings is 1. The highest BCUT2D eigenvalue weighted by atomic mass is 16.4. The SMILES string of the molecule is CC(CCC(=O)NCCC(=O)O)c1ccccc1. The van der Waals surface area contributed by atoms with E-state index >= 15 is 0 Å². The summed E-state index contributed by atoms with van der Waals surface area (Å²) in [6, 6.07) is 10.0. The molecule has 4 nitrogen and oxygen atoms in total. The molecule has 0 spiro atoms. The first-order valence-corrected chi connectivity index (χ1v) is 6.13. The van der Waals surface area contributed by atoms with Crippen molar-refractivity contribution in [3.8, 4) is 0 Å². The van der Waals surface area contributed by atoms with Crippen LogP contribution in [-0.4, -0.2) is 23.5 Å². The molecule has 0 saturated heterocycles. The molecule has 0 fully saturated rings. The molecule has 98 valence electrons. The minimum absolute atomic E-state index is 0.0278. The predicted octanol–water partition coefficient (Wildman–Crippen LogP) is 2.16. The van der Waals surface area contributed by atoms with Crippen LogP contribution in [0, 0.1) is 0 Å². The maximum atomic E-state index is 11.5. The van der Waals surface area contributed by atoms with Gasteiger partial charge in [0.1, 0.15) is 0 Å². The van der Waals surface area contributed by atoms with Crippen molar-refractivity contribution in [2.45, 2.75) is 32.1 Å². The maximum Gasteiger partial charge on any atom is 0.305 e. The fraction of sp³-hybridized carbons (Fsp3) is 0.429. The lowest BCUT2D eigenvalue weighted by Crippen LogP contribution is -2.25. The summed E-state index contributed by atoms with van der Waals surface area (Å²) >= 11 is 0. The molecule has 1 aromatic rings. The van der Waals surface area contributed by atoms with E-state index in [2.05, 4.69) is 12.2 Å². The zero-order valence-corrected chi connectivity index (χ0v) is 10.6. The highest BCUT2D eigenvalue weighted by Crippen LogP contribution is 2.19. The van der Waals surface area contributed by atoms with Crippen molar-refractivity contribution in [1.82, 2.24) is 5.32 Å². The number of rotatable bonds is 7. The van der Waals surface area contributed by atoms with Crippen LogP contribution in [0.25, 0.3) is 0 Å². The molecule has 0 saturated carbocycles. The van der Waals surface area contributed by atoms with Gasteiger partial charge < -0.3 is 10.4 Å². The van der Waals surface area contributed by atoms with E-state index in [0.29, 0.717) is 12.3 Å². The van der Waals surface area contributed by atoms with Crippen LogP contribution >= 0.6 is 0 Å². The van der Waals surface area contributed by atoms with Crippen LogP contribution in [0.3, 0.4) is 0 Å². The van der Waals surface area contributed by atoms with Crippen LogP contribution in [0.2, 0.25) is 0 Å². The number of hydrogen-bond acceptors (Lipinski definition) is 2. The smallest absolute Gasteiger partial charge is 0.305 e. The van der Waals surface area contributed by atoms with Crippen molar-refractivity contribution in [3.63, 3.8) is 0 Å². The first-order chi connectivity index (χ1) is 8.59. The topological polar surface area (TPSA) is 66.4 Å². The second-order valence-corrected chi connectivity index (χ2v) is 4.34. The first-order valence-electron chi connectivity index (χ1n) is 6.13. The number of hydrogen-bond donors (Lipinski definition) is 2. The maximum absolute atomic E-state index is 11.5. The van der Waals surface area contributed by atoms with Crippen molar-refractivity contribution in [3.05, 3.63) is 35.9 Å². The number of carboxylic acids is 1. The van der Waals surface area contributed by atoms with Gasteiger partial charge in [0.15, 0.2) is 0 Å². The standard InChI is InChI=1S/C14H19NO3/c1-11(12-5-3-2-4-6-12)7-8-13(16)15-10-9-14(17)18/h2-6,11H,7-10H2,1H3,(H,15,16)(H,17,18). The van der Waals surface area contributed by atoms with Crippen LogP contribution in [-0.2, 0) is 9.59 Å². The number of carbonyl (C=O) groups excluding carboxylic acids is 1. The van der Waals surface area contributed by atoms with Crippen LogP contribution < -0.4 is 5.32 Å². The molecular formula is C14H19NO3.